The van der Waals surface area contributed by atoms with Crippen molar-refractivity contribution in [1.29, 1.82) is 0 Å². The third-order valence-electron chi connectivity index (χ3n) is 4.53. The van der Waals surface area contributed by atoms with Crippen molar-refractivity contribution in [3.63, 3.8) is 0 Å². The second-order valence-corrected chi connectivity index (χ2v) is 5.98. The summed E-state index contributed by atoms with van der Waals surface area (Å²) >= 11 is 0. The fourth-order valence-electron chi connectivity index (χ4n) is 3.35. The van der Waals surface area contributed by atoms with Crippen molar-refractivity contribution < 1.29 is 14.4 Å². The van der Waals surface area contributed by atoms with Crippen LogP contribution in [0.1, 0.15) is 23.2 Å². The molecule has 0 bridgehead atoms. The Morgan fingerprint density at radius 2 is 2.00 bits per heavy atom. The zero-order valence-corrected chi connectivity index (χ0v) is 12.6. The maximum absolute atomic E-state index is 10.7. The van der Waals surface area contributed by atoms with Gasteiger partial charge < -0.3 is 9.47 Å². The molecule has 7 nitrogen and oxygen atoms in total. The average Bonchev–Trinajstić information content (AvgIpc) is 3.16. The molecule has 1 aromatic heterocycles. The molecular formula is C16H17N3O4. The van der Waals surface area contributed by atoms with Gasteiger partial charge in [-0.3, -0.25) is 14.8 Å². The standard InChI is InChI=1S/C16H17N3O4/c20-19(21)14-3-1-12(2-4-14)11-18-15-5-6-16(22-7-8-23-16)9-13(15)10-17-18/h1-4,10H,5-9,11H2. The van der Waals surface area contributed by atoms with Crippen LogP contribution in [-0.2, 0) is 28.9 Å². The highest BCUT2D eigenvalue weighted by Crippen LogP contribution is 2.35. The zero-order valence-electron chi connectivity index (χ0n) is 12.6. The Morgan fingerprint density at radius 1 is 1.26 bits per heavy atom. The first-order valence-electron chi connectivity index (χ1n) is 7.70. The van der Waals surface area contributed by atoms with Crippen LogP contribution in [0.5, 0.6) is 0 Å². The normalized spacial score (nSPS) is 19.0. The van der Waals surface area contributed by atoms with Crippen LogP contribution < -0.4 is 0 Å². The minimum absolute atomic E-state index is 0.105. The number of hydrogen-bond donors (Lipinski definition) is 0. The van der Waals surface area contributed by atoms with E-state index in [1.807, 2.05) is 10.9 Å². The van der Waals surface area contributed by atoms with Gasteiger partial charge in [-0.25, -0.2) is 0 Å². The number of rotatable bonds is 3. The Labute approximate surface area is 133 Å². The van der Waals surface area contributed by atoms with E-state index < -0.39 is 5.79 Å². The molecule has 0 radical (unpaired) electrons. The lowest BCUT2D eigenvalue weighted by Crippen LogP contribution is -2.37. The van der Waals surface area contributed by atoms with E-state index in [4.69, 9.17) is 9.47 Å². The summed E-state index contributed by atoms with van der Waals surface area (Å²) in [7, 11) is 0. The third kappa shape index (κ3) is 2.62. The SMILES string of the molecule is O=[N+]([O-])c1ccc(Cn2ncc3c2CCC2(C3)OCCO2)cc1. The number of benzene rings is 1. The Balaban J connectivity index is 1.53. The quantitative estimate of drug-likeness (QED) is 0.640. The maximum atomic E-state index is 10.7. The fourth-order valence-corrected chi connectivity index (χ4v) is 3.35. The second-order valence-electron chi connectivity index (χ2n) is 5.98. The fraction of sp³-hybridized carbons (Fsp3) is 0.438. The first-order valence-corrected chi connectivity index (χ1v) is 7.70. The van der Waals surface area contributed by atoms with Gasteiger partial charge >= 0.3 is 0 Å². The lowest BCUT2D eigenvalue weighted by molar-refractivity contribution is -0.384. The molecule has 4 rings (SSSR count). The van der Waals surface area contributed by atoms with E-state index in [0.717, 1.165) is 24.8 Å². The highest BCUT2D eigenvalue weighted by molar-refractivity contribution is 5.33. The van der Waals surface area contributed by atoms with Crippen LogP contribution in [0.25, 0.3) is 0 Å². The number of hydrogen-bond acceptors (Lipinski definition) is 5. The zero-order chi connectivity index (χ0) is 15.9. The molecule has 0 saturated carbocycles. The van der Waals surface area contributed by atoms with Gasteiger partial charge in [-0.1, -0.05) is 12.1 Å². The summed E-state index contributed by atoms with van der Waals surface area (Å²) in [5.41, 5.74) is 3.47. The van der Waals surface area contributed by atoms with Crippen molar-refractivity contribution in [2.75, 3.05) is 13.2 Å². The van der Waals surface area contributed by atoms with E-state index in [-0.39, 0.29) is 10.6 Å². The predicted octanol–water partition coefficient (Wildman–Crippen LogP) is 2.07. The number of ether oxygens (including phenoxy) is 2. The molecule has 1 aromatic carbocycles. The van der Waals surface area contributed by atoms with Gasteiger partial charge in [0, 0.05) is 30.7 Å². The minimum Gasteiger partial charge on any atom is -0.347 e. The van der Waals surface area contributed by atoms with Crippen LogP contribution in [-0.4, -0.2) is 33.7 Å². The van der Waals surface area contributed by atoms with E-state index in [9.17, 15) is 10.1 Å². The van der Waals surface area contributed by atoms with Gasteiger partial charge in [0.25, 0.3) is 5.69 Å². The summed E-state index contributed by atoms with van der Waals surface area (Å²) in [5, 5.41) is 15.2. The summed E-state index contributed by atoms with van der Waals surface area (Å²) < 4.78 is 13.5. The first-order chi connectivity index (χ1) is 11.2. The molecule has 0 amide bonds. The summed E-state index contributed by atoms with van der Waals surface area (Å²) in [5.74, 6) is -0.450. The lowest BCUT2D eigenvalue weighted by atomic mass is 9.92. The van der Waals surface area contributed by atoms with Crippen molar-refractivity contribution in [1.82, 2.24) is 9.78 Å². The van der Waals surface area contributed by atoms with Gasteiger partial charge in [0.1, 0.15) is 0 Å². The molecule has 1 aliphatic carbocycles. The summed E-state index contributed by atoms with van der Waals surface area (Å²) in [6.07, 6.45) is 4.32. The van der Waals surface area contributed by atoms with Crippen LogP contribution >= 0.6 is 0 Å². The van der Waals surface area contributed by atoms with Gasteiger partial charge in [-0.15, -0.1) is 0 Å². The third-order valence-corrected chi connectivity index (χ3v) is 4.53. The maximum Gasteiger partial charge on any atom is 0.269 e. The highest BCUT2D eigenvalue weighted by Gasteiger charge is 2.41. The van der Waals surface area contributed by atoms with Crippen molar-refractivity contribution >= 4 is 5.69 Å². The first kappa shape index (κ1) is 14.3. The topological polar surface area (TPSA) is 79.4 Å². The van der Waals surface area contributed by atoms with Gasteiger partial charge in [0.2, 0.25) is 0 Å². The molecule has 7 heteroatoms. The smallest absolute Gasteiger partial charge is 0.269 e. The van der Waals surface area contributed by atoms with Gasteiger partial charge in [0.05, 0.1) is 30.9 Å². The number of non-ortho nitro benzene ring substituents is 1. The lowest BCUT2D eigenvalue weighted by Gasteiger charge is -2.31. The van der Waals surface area contributed by atoms with Gasteiger partial charge in [-0.05, 0) is 17.5 Å². The molecule has 120 valence electrons. The van der Waals surface area contributed by atoms with Crippen LogP contribution in [0.15, 0.2) is 30.5 Å². The molecule has 2 heterocycles. The molecule has 2 aliphatic rings. The summed E-state index contributed by atoms with van der Waals surface area (Å²) in [4.78, 5) is 10.3. The summed E-state index contributed by atoms with van der Waals surface area (Å²) in [6, 6.07) is 6.61. The molecule has 0 unspecified atom stereocenters. The molecule has 23 heavy (non-hydrogen) atoms. The molecule has 1 fully saturated rings. The molecule has 0 N–H and O–H groups in total. The van der Waals surface area contributed by atoms with Crippen LogP contribution in [0, 0.1) is 10.1 Å². The van der Waals surface area contributed by atoms with Gasteiger partial charge in [-0.2, -0.15) is 5.10 Å². The van der Waals surface area contributed by atoms with E-state index in [1.54, 1.807) is 12.1 Å². The van der Waals surface area contributed by atoms with E-state index in [1.165, 1.54) is 23.4 Å². The number of nitrogens with zero attached hydrogens (tertiary/aromatic N) is 3. The molecule has 1 aliphatic heterocycles. The number of nitro benzene ring substituents is 1. The van der Waals surface area contributed by atoms with E-state index in [2.05, 4.69) is 5.10 Å². The monoisotopic (exact) mass is 315 g/mol. The minimum atomic E-state index is -0.450. The highest BCUT2D eigenvalue weighted by atomic mass is 16.7. The van der Waals surface area contributed by atoms with E-state index in [0.29, 0.717) is 19.8 Å². The Morgan fingerprint density at radius 3 is 2.70 bits per heavy atom. The molecule has 0 atom stereocenters. The number of aromatic nitrogens is 2. The van der Waals surface area contributed by atoms with E-state index >= 15 is 0 Å². The number of fused-ring (bicyclic) bond motifs is 1. The molecule has 1 spiro atoms. The second kappa shape index (κ2) is 5.43. The number of nitro groups is 1. The van der Waals surface area contributed by atoms with Crippen molar-refractivity contribution in [2.45, 2.75) is 31.6 Å². The molecule has 1 saturated heterocycles. The van der Waals surface area contributed by atoms with Crippen LogP contribution in [0.4, 0.5) is 5.69 Å². The van der Waals surface area contributed by atoms with Gasteiger partial charge in [0.15, 0.2) is 5.79 Å². The van der Waals surface area contributed by atoms with Crippen molar-refractivity contribution in [2.24, 2.45) is 0 Å². The Hall–Kier alpha value is -2.25. The largest absolute Gasteiger partial charge is 0.347 e. The molecular weight excluding hydrogens is 298 g/mol. The average molecular weight is 315 g/mol. The summed E-state index contributed by atoms with van der Waals surface area (Å²) in [6.45, 7) is 1.93. The van der Waals surface area contributed by atoms with Crippen LogP contribution in [0.3, 0.4) is 0 Å². The van der Waals surface area contributed by atoms with Crippen molar-refractivity contribution in [3.8, 4) is 0 Å². The molecule has 2 aromatic rings. The van der Waals surface area contributed by atoms with Crippen LogP contribution in [0.2, 0.25) is 0 Å². The Bertz CT molecular complexity index is 732. The Kier molecular flexibility index (Phi) is 3.39. The van der Waals surface area contributed by atoms with Crippen molar-refractivity contribution in [3.05, 3.63) is 57.4 Å². The predicted molar refractivity (Wildman–Crippen MR) is 81.1 cm³/mol.